The van der Waals surface area contributed by atoms with E-state index in [1.807, 2.05) is 24.3 Å². The molecule has 6 rings (SSSR count). The van der Waals surface area contributed by atoms with E-state index < -0.39 is 6.10 Å². The molecule has 0 bridgehead atoms. The summed E-state index contributed by atoms with van der Waals surface area (Å²) in [5, 5.41) is 38.1. The van der Waals surface area contributed by atoms with Crippen LogP contribution in [0.25, 0.3) is 28.2 Å². The van der Waals surface area contributed by atoms with Crippen molar-refractivity contribution in [3.63, 3.8) is 0 Å². The smallest absolute Gasteiger partial charge is 0.232 e. The van der Waals surface area contributed by atoms with Crippen LogP contribution < -0.4 is 5.32 Å². The molecule has 1 atom stereocenters. The van der Waals surface area contributed by atoms with Crippen LogP contribution >= 0.6 is 0 Å². The highest BCUT2D eigenvalue weighted by Gasteiger charge is 2.25. The van der Waals surface area contributed by atoms with Gasteiger partial charge < -0.3 is 10.4 Å². The fraction of sp³-hybridized carbons (Fsp3) is 0.0345. The molecule has 4 aromatic heterocycles. The number of aliphatic hydroxyl groups excluding tert-OH is 1. The van der Waals surface area contributed by atoms with Gasteiger partial charge in [-0.25, -0.2) is 24.9 Å². The first-order valence-electron chi connectivity index (χ1n) is 12.1. The molecule has 0 radical (unpaired) electrons. The first kappa shape index (κ1) is 24.3. The number of rotatable bonds is 6. The van der Waals surface area contributed by atoms with Crippen LogP contribution in [0.5, 0.6) is 0 Å². The van der Waals surface area contributed by atoms with Crippen molar-refractivity contribution in [3.8, 4) is 34.7 Å². The van der Waals surface area contributed by atoms with Crippen molar-refractivity contribution in [3.05, 3.63) is 114 Å². The maximum Gasteiger partial charge on any atom is 0.232 e. The average Bonchev–Trinajstić information content (AvgIpc) is 3.47. The maximum atomic E-state index is 11.2. The van der Waals surface area contributed by atoms with Gasteiger partial charge in [0.2, 0.25) is 5.95 Å². The highest BCUT2D eigenvalue weighted by Crippen LogP contribution is 2.36. The summed E-state index contributed by atoms with van der Waals surface area (Å²) >= 11 is 0. The van der Waals surface area contributed by atoms with Crippen LogP contribution in [0.4, 0.5) is 11.8 Å². The summed E-state index contributed by atoms with van der Waals surface area (Å²) in [4.78, 5) is 22.4. The number of nitriles is 2. The van der Waals surface area contributed by atoms with Crippen molar-refractivity contribution in [1.29, 1.82) is 10.5 Å². The largest absolute Gasteiger partial charge is 0.380 e. The number of hydrogen-bond acceptors (Lipinski definition) is 10. The zero-order valence-corrected chi connectivity index (χ0v) is 20.7. The Morgan fingerprint density at radius 3 is 2.52 bits per heavy atom. The number of benzene rings is 2. The molecule has 1 unspecified atom stereocenters. The van der Waals surface area contributed by atoms with Gasteiger partial charge in [0.05, 0.1) is 34.1 Å². The molecule has 2 N–H and O–H groups in total. The molecular weight excluding hydrogens is 504 g/mol. The summed E-state index contributed by atoms with van der Waals surface area (Å²) in [6, 6.07) is 25.3. The van der Waals surface area contributed by atoms with Gasteiger partial charge in [0.1, 0.15) is 18.5 Å². The van der Waals surface area contributed by atoms with Gasteiger partial charge in [0.25, 0.3) is 0 Å². The number of nitrogens with one attached hydrogen (secondary N) is 1. The Bertz CT molecular complexity index is 1920. The Hall–Kier alpha value is -6.04. The van der Waals surface area contributed by atoms with E-state index >= 15 is 0 Å². The number of hydrogen-bond donors (Lipinski definition) is 2. The van der Waals surface area contributed by atoms with Gasteiger partial charge in [-0.2, -0.15) is 15.0 Å². The topological polar surface area (TPSA) is 162 Å². The Morgan fingerprint density at radius 2 is 1.75 bits per heavy atom. The molecule has 0 aliphatic rings. The zero-order chi connectivity index (χ0) is 27.5. The van der Waals surface area contributed by atoms with Crippen molar-refractivity contribution < 1.29 is 5.11 Å². The second kappa shape index (κ2) is 10.4. The van der Waals surface area contributed by atoms with Crippen molar-refractivity contribution in [2.45, 2.75) is 6.10 Å². The van der Waals surface area contributed by atoms with Crippen molar-refractivity contribution in [1.82, 2.24) is 34.5 Å². The molecule has 190 valence electrons. The highest BCUT2D eigenvalue weighted by atomic mass is 16.3. The lowest BCUT2D eigenvalue weighted by atomic mass is 10.0. The zero-order valence-electron chi connectivity index (χ0n) is 20.7. The number of fused-ring (bicyclic) bond motifs is 1. The molecule has 0 saturated heterocycles. The number of aromatic nitrogens is 7. The van der Waals surface area contributed by atoms with E-state index in [-0.39, 0.29) is 17.6 Å². The Morgan fingerprint density at radius 1 is 0.875 bits per heavy atom. The monoisotopic (exact) mass is 522 g/mol. The normalized spacial score (nSPS) is 11.5. The second-order valence-electron chi connectivity index (χ2n) is 8.60. The summed E-state index contributed by atoms with van der Waals surface area (Å²) in [5.74, 6) is 0.598. The SMILES string of the molecule is N#Cc1cccc(-c2nc(Nc3ncccc3C#N)n3nc(C(O)c4ccccc4)nc3c2-c2ccncn2)c1. The number of aliphatic hydroxyl groups is 1. The third-order valence-electron chi connectivity index (χ3n) is 6.12. The molecule has 0 aliphatic carbocycles. The minimum absolute atomic E-state index is 0.135. The minimum Gasteiger partial charge on any atom is -0.380 e. The molecule has 0 amide bonds. The Balaban J connectivity index is 1.66. The van der Waals surface area contributed by atoms with E-state index in [0.717, 1.165) is 0 Å². The first-order chi connectivity index (χ1) is 19.7. The van der Waals surface area contributed by atoms with E-state index in [9.17, 15) is 15.6 Å². The molecule has 40 heavy (non-hydrogen) atoms. The Labute approximate surface area is 227 Å². The lowest BCUT2D eigenvalue weighted by molar-refractivity contribution is 0.210. The third-order valence-corrected chi connectivity index (χ3v) is 6.12. The molecule has 2 aromatic carbocycles. The minimum atomic E-state index is -1.12. The van der Waals surface area contributed by atoms with Crippen LogP contribution in [0.15, 0.2) is 91.5 Å². The fourth-order valence-corrected chi connectivity index (χ4v) is 4.25. The molecule has 11 heteroatoms. The molecule has 6 aromatic rings. The molecule has 11 nitrogen and oxygen atoms in total. The molecular formula is C29H18N10O. The molecule has 4 heterocycles. The lowest BCUT2D eigenvalue weighted by Crippen LogP contribution is -2.09. The van der Waals surface area contributed by atoms with E-state index in [1.54, 1.807) is 60.9 Å². The van der Waals surface area contributed by atoms with Gasteiger partial charge in [-0.05, 0) is 35.9 Å². The average molecular weight is 523 g/mol. The molecule has 0 spiro atoms. The van der Waals surface area contributed by atoms with Crippen molar-refractivity contribution >= 4 is 17.4 Å². The molecule has 0 aliphatic heterocycles. The van der Waals surface area contributed by atoms with Crippen molar-refractivity contribution in [2.75, 3.05) is 5.32 Å². The summed E-state index contributed by atoms with van der Waals surface area (Å²) in [5.41, 5.74) is 3.82. The number of nitrogens with zero attached hydrogens (tertiary/aromatic N) is 9. The van der Waals surface area contributed by atoms with E-state index in [2.05, 4.69) is 37.5 Å². The molecule has 0 fully saturated rings. The first-order valence-corrected chi connectivity index (χ1v) is 12.1. The highest BCUT2D eigenvalue weighted by molar-refractivity contribution is 5.89. The van der Waals surface area contributed by atoms with Gasteiger partial charge in [-0.15, -0.1) is 5.10 Å². The van der Waals surface area contributed by atoms with Gasteiger partial charge in [0, 0.05) is 18.0 Å². The predicted molar refractivity (Wildman–Crippen MR) is 145 cm³/mol. The summed E-state index contributed by atoms with van der Waals surface area (Å²) in [6.07, 6.45) is 3.45. The van der Waals surface area contributed by atoms with E-state index in [0.29, 0.717) is 44.9 Å². The fourth-order valence-electron chi connectivity index (χ4n) is 4.25. The summed E-state index contributed by atoms with van der Waals surface area (Å²) in [6.45, 7) is 0. The van der Waals surface area contributed by atoms with Crippen LogP contribution in [0.2, 0.25) is 0 Å². The van der Waals surface area contributed by atoms with Gasteiger partial charge in [-0.3, -0.25) is 0 Å². The van der Waals surface area contributed by atoms with E-state index in [4.69, 9.17) is 9.97 Å². The van der Waals surface area contributed by atoms with Crippen LogP contribution in [0, 0.1) is 22.7 Å². The predicted octanol–water partition coefficient (Wildman–Crippen LogP) is 4.21. The quantitative estimate of drug-likeness (QED) is 0.324. The third kappa shape index (κ3) is 4.45. The van der Waals surface area contributed by atoms with Crippen LogP contribution in [0.3, 0.4) is 0 Å². The standard InChI is InChI=1S/C29H18N10O/c30-15-18-6-4-9-20(14-18)24-23(22-11-13-32-17-34-22)28-36-27(25(40)19-7-2-1-3-8-19)38-39(28)29(35-24)37-26-21(16-31)10-5-12-33-26/h1-14,17,25,40H,(H,33,35,37). The van der Waals surface area contributed by atoms with Gasteiger partial charge >= 0.3 is 0 Å². The van der Waals surface area contributed by atoms with Crippen molar-refractivity contribution in [2.24, 2.45) is 0 Å². The van der Waals surface area contributed by atoms with Crippen LogP contribution in [-0.4, -0.2) is 39.6 Å². The van der Waals surface area contributed by atoms with Crippen LogP contribution in [-0.2, 0) is 0 Å². The van der Waals surface area contributed by atoms with Gasteiger partial charge in [0.15, 0.2) is 17.3 Å². The number of pyridine rings is 1. The summed E-state index contributed by atoms with van der Waals surface area (Å²) in [7, 11) is 0. The molecule has 0 saturated carbocycles. The number of anilines is 2. The van der Waals surface area contributed by atoms with E-state index in [1.165, 1.54) is 10.8 Å². The lowest BCUT2D eigenvalue weighted by Gasteiger charge is -2.14. The Kier molecular flexibility index (Phi) is 6.31. The second-order valence-corrected chi connectivity index (χ2v) is 8.60. The summed E-state index contributed by atoms with van der Waals surface area (Å²) < 4.78 is 1.45. The van der Waals surface area contributed by atoms with Gasteiger partial charge in [-0.1, -0.05) is 42.5 Å². The van der Waals surface area contributed by atoms with Crippen LogP contribution in [0.1, 0.15) is 28.6 Å². The maximum absolute atomic E-state index is 11.2.